The van der Waals surface area contributed by atoms with Gasteiger partial charge in [0.1, 0.15) is 0 Å². The van der Waals surface area contributed by atoms with Gasteiger partial charge in [0, 0.05) is 24.2 Å². The first-order chi connectivity index (χ1) is 8.15. The van der Waals surface area contributed by atoms with Crippen LogP contribution in [0.5, 0.6) is 0 Å². The molecule has 92 valence electrons. The zero-order valence-corrected chi connectivity index (χ0v) is 10.3. The number of carbonyl (C=O) groups is 1. The molecule has 17 heavy (non-hydrogen) atoms. The fourth-order valence-electron chi connectivity index (χ4n) is 2.30. The summed E-state index contributed by atoms with van der Waals surface area (Å²) in [5.41, 5.74) is 8.27. The van der Waals surface area contributed by atoms with Crippen molar-refractivity contribution in [3.63, 3.8) is 0 Å². The highest BCUT2D eigenvalue weighted by molar-refractivity contribution is 5.92. The van der Waals surface area contributed by atoms with Crippen LogP contribution in [0.2, 0.25) is 0 Å². The molecule has 0 atom stereocenters. The minimum Gasteiger partial charge on any atom is -0.399 e. The van der Waals surface area contributed by atoms with E-state index in [9.17, 15) is 4.79 Å². The number of rotatable bonds is 3. The summed E-state index contributed by atoms with van der Waals surface area (Å²) in [7, 11) is 0. The number of amides is 1. The fourth-order valence-corrected chi connectivity index (χ4v) is 2.30. The van der Waals surface area contributed by atoms with Gasteiger partial charge >= 0.3 is 0 Å². The molecule has 4 heteroatoms. The van der Waals surface area contributed by atoms with Crippen molar-refractivity contribution in [1.82, 2.24) is 0 Å². The molecule has 4 N–H and O–H groups in total. The van der Waals surface area contributed by atoms with Gasteiger partial charge in [0.25, 0.3) is 5.91 Å². The Hall–Kier alpha value is -1.55. The minimum atomic E-state index is 0.0924. The van der Waals surface area contributed by atoms with Crippen LogP contribution in [0.1, 0.15) is 18.4 Å². The van der Waals surface area contributed by atoms with Crippen LogP contribution in [-0.4, -0.2) is 25.5 Å². The van der Waals surface area contributed by atoms with Crippen molar-refractivity contribution in [2.24, 2.45) is 0 Å². The lowest BCUT2D eigenvalue weighted by Gasteiger charge is -2.13. The van der Waals surface area contributed by atoms with Crippen LogP contribution in [-0.2, 0) is 4.79 Å². The summed E-state index contributed by atoms with van der Waals surface area (Å²) in [6.07, 6.45) is 2.48. The van der Waals surface area contributed by atoms with E-state index in [4.69, 9.17) is 5.73 Å². The molecule has 0 aliphatic carbocycles. The molecule has 0 unspecified atom stereocenters. The van der Waals surface area contributed by atoms with Gasteiger partial charge in [-0.1, -0.05) is 0 Å². The maximum Gasteiger partial charge on any atom is 0.279 e. The molecular weight excluding hydrogens is 214 g/mol. The van der Waals surface area contributed by atoms with Crippen LogP contribution in [0.4, 0.5) is 11.4 Å². The standard InChI is InChI=1S/C13H19N3O/c1-10-8-11(14)4-5-12(10)15-13(17)9-16-6-2-3-7-16/h4-5,8H,2-3,6-7,9,14H2,1H3,(H,15,17)/p+1. The molecule has 0 aromatic heterocycles. The number of likely N-dealkylation sites (tertiary alicyclic amines) is 1. The molecule has 4 nitrogen and oxygen atoms in total. The second-order valence-corrected chi connectivity index (χ2v) is 4.76. The zero-order valence-electron chi connectivity index (χ0n) is 10.3. The van der Waals surface area contributed by atoms with Crippen molar-refractivity contribution in [3.8, 4) is 0 Å². The van der Waals surface area contributed by atoms with E-state index in [1.807, 2.05) is 25.1 Å². The lowest BCUT2D eigenvalue weighted by Crippen LogP contribution is -3.11. The molecule has 1 fully saturated rings. The maximum atomic E-state index is 11.8. The Morgan fingerprint density at radius 3 is 2.76 bits per heavy atom. The van der Waals surface area contributed by atoms with Gasteiger partial charge in [-0.25, -0.2) is 0 Å². The highest BCUT2D eigenvalue weighted by atomic mass is 16.2. The topological polar surface area (TPSA) is 59.6 Å². The second kappa shape index (κ2) is 5.19. The average Bonchev–Trinajstić information content (AvgIpc) is 2.75. The van der Waals surface area contributed by atoms with E-state index in [-0.39, 0.29) is 5.91 Å². The van der Waals surface area contributed by atoms with Gasteiger partial charge < -0.3 is 16.0 Å². The van der Waals surface area contributed by atoms with Gasteiger partial charge in [-0.3, -0.25) is 4.79 Å². The van der Waals surface area contributed by atoms with Crippen LogP contribution in [0.25, 0.3) is 0 Å². The number of quaternary nitrogens is 1. The summed E-state index contributed by atoms with van der Waals surface area (Å²) < 4.78 is 0. The summed E-state index contributed by atoms with van der Waals surface area (Å²) in [6, 6.07) is 5.55. The molecular formula is C13H20N3O+. The van der Waals surface area contributed by atoms with Crippen LogP contribution in [0.3, 0.4) is 0 Å². The highest BCUT2D eigenvalue weighted by Crippen LogP contribution is 2.17. The molecule has 1 aromatic rings. The average molecular weight is 234 g/mol. The molecule has 1 aliphatic rings. The molecule has 1 saturated heterocycles. The molecule has 1 amide bonds. The number of hydrogen-bond donors (Lipinski definition) is 3. The van der Waals surface area contributed by atoms with E-state index in [2.05, 4.69) is 5.32 Å². The van der Waals surface area contributed by atoms with Gasteiger partial charge in [0.15, 0.2) is 6.54 Å². The van der Waals surface area contributed by atoms with Gasteiger partial charge in [0.2, 0.25) is 0 Å². The molecule has 0 radical (unpaired) electrons. The zero-order chi connectivity index (χ0) is 12.3. The van der Waals surface area contributed by atoms with Crippen LogP contribution < -0.4 is 16.0 Å². The normalized spacial score (nSPS) is 16.1. The Balaban J connectivity index is 1.93. The molecule has 0 spiro atoms. The number of nitrogens with two attached hydrogens (primary N) is 1. The lowest BCUT2D eigenvalue weighted by atomic mass is 10.2. The first-order valence-corrected chi connectivity index (χ1v) is 6.15. The molecule has 0 saturated carbocycles. The van der Waals surface area contributed by atoms with Crippen LogP contribution in [0.15, 0.2) is 18.2 Å². The summed E-state index contributed by atoms with van der Waals surface area (Å²) in [4.78, 5) is 13.2. The third kappa shape index (κ3) is 3.20. The van der Waals surface area contributed by atoms with E-state index < -0.39 is 0 Å². The number of benzene rings is 1. The van der Waals surface area contributed by atoms with E-state index in [0.717, 1.165) is 30.0 Å². The Labute approximate surface area is 102 Å². The highest BCUT2D eigenvalue weighted by Gasteiger charge is 2.18. The SMILES string of the molecule is Cc1cc(N)ccc1NC(=O)C[NH+]1CCCC1. The van der Waals surface area contributed by atoms with E-state index in [1.54, 1.807) is 0 Å². The summed E-state index contributed by atoms with van der Waals surface area (Å²) in [5.74, 6) is 0.0924. The second-order valence-electron chi connectivity index (χ2n) is 4.76. The monoisotopic (exact) mass is 234 g/mol. The van der Waals surface area contributed by atoms with Crippen LogP contribution in [0, 0.1) is 6.92 Å². The van der Waals surface area contributed by atoms with Gasteiger partial charge in [-0.15, -0.1) is 0 Å². The quantitative estimate of drug-likeness (QED) is 0.654. The Kier molecular flexibility index (Phi) is 3.64. The molecule has 1 heterocycles. The number of nitrogen functional groups attached to an aromatic ring is 1. The largest absolute Gasteiger partial charge is 0.399 e. The number of anilines is 2. The first-order valence-electron chi connectivity index (χ1n) is 6.15. The molecule has 1 aliphatic heterocycles. The van der Waals surface area contributed by atoms with Crippen LogP contribution >= 0.6 is 0 Å². The fraction of sp³-hybridized carbons (Fsp3) is 0.462. The number of hydrogen-bond acceptors (Lipinski definition) is 2. The van der Waals surface area contributed by atoms with Crippen molar-refractivity contribution < 1.29 is 9.69 Å². The third-order valence-electron chi connectivity index (χ3n) is 3.25. The maximum absolute atomic E-state index is 11.8. The summed E-state index contributed by atoms with van der Waals surface area (Å²) >= 11 is 0. The van der Waals surface area contributed by atoms with Crippen molar-refractivity contribution in [2.45, 2.75) is 19.8 Å². The van der Waals surface area contributed by atoms with Gasteiger partial charge in [0.05, 0.1) is 13.1 Å². The molecule has 1 aromatic carbocycles. The lowest BCUT2D eigenvalue weighted by molar-refractivity contribution is -0.878. The predicted molar refractivity (Wildman–Crippen MR) is 69.0 cm³/mol. The van der Waals surface area contributed by atoms with E-state index >= 15 is 0 Å². The summed E-state index contributed by atoms with van der Waals surface area (Å²) in [5, 5.41) is 2.95. The van der Waals surface area contributed by atoms with Crippen molar-refractivity contribution in [2.75, 3.05) is 30.7 Å². The predicted octanol–water partition coefficient (Wildman–Crippen LogP) is 0.194. The van der Waals surface area contributed by atoms with E-state index in [1.165, 1.54) is 17.7 Å². The Morgan fingerprint density at radius 1 is 1.41 bits per heavy atom. The number of aryl methyl sites for hydroxylation is 1. The first kappa shape index (κ1) is 11.9. The Morgan fingerprint density at radius 2 is 2.12 bits per heavy atom. The molecule has 2 rings (SSSR count). The minimum absolute atomic E-state index is 0.0924. The Bertz CT molecular complexity index is 411. The van der Waals surface area contributed by atoms with E-state index in [0.29, 0.717) is 6.54 Å². The smallest absolute Gasteiger partial charge is 0.279 e. The van der Waals surface area contributed by atoms with Crippen molar-refractivity contribution >= 4 is 17.3 Å². The van der Waals surface area contributed by atoms with Gasteiger partial charge in [-0.05, 0) is 30.7 Å². The molecule has 0 bridgehead atoms. The summed E-state index contributed by atoms with van der Waals surface area (Å²) in [6.45, 7) is 4.76. The van der Waals surface area contributed by atoms with Gasteiger partial charge in [-0.2, -0.15) is 0 Å². The number of nitrogens with one attached hydrogen (secondary N) is 2. The van der Waals surface area contributed by atoms with Crippen molar-refractivity contribution in [3.05, 3.63) is 23.8 Å². The third-order valence-corrected chi connectivity index (χ3v) is 3.25. The number of carbonyl (C=O) groups excluding carboxylic acids is 1. The van der Waals surface area contributed by atoms with Crippen molar-refractivity contribution in [1.29, 1.82) is 0 Å².